The minimum atomic E-state index is 0.576. The van der Waals surface area contributed by atoms with Crippen LogP contribution >= 0.6 is 23.2 Å². The fourth-order valence-electron chi connectivity index (χ4n) is 1.20. The molecule has 84 valence electrons. The molecular weight excluding hydrogens is 231 g/mol. The Morgan fingerprint density at radius 2 is 1.73 bits per heavy atom. The summed E-state index contributed by atoms with van der Waals surface area (Å²) in [7, 11) is 0. The lowest BCUT2D eigenvalue weighted by Crippen LogP contribution is -1.99. The third-order valence-electron chi connectivity index (χ3n) is 2.03. The molecule has 15 heavy (non-hydrogen) atoms. The van der Waals surface area contributed by atoms with E-state index in [9.17, 15) is 0 Å². The maximum absolute atomic E-state index is 5.87. The van der Waals surface area contributed by atoms with Crippen LogP contribution in [0.3, 0.4) is 0 Å². The highest BCUT2D eigenvalue weighted by molar-refractivity contribution is 6.34. The van der Waals surface area contributed by atoms with Gasteiger partial charge in [0, 0.05) is 16.7 Å². The van der Waals surface area contributed by atoms with E-state index in [4.69, 9.17) is 27.9 Å². The minimum absolute atomic E-state index is 0.576. The van der Waals surface area contributed by atoms with Gasteiger partial charge in [-0.2, -0.15) is 0 Å². The number of benzene rings is 1. The molecule has 0 unspecified atom stereocenters. The average molecular weight is 247 g/mol. The topological polar surface area (TPSA) is 9.23 Å². The van der Waals surface area contributed by atoms with Crippen molar-refractivity contribution in [2.75, 3.05) is 6.61 Å². The van der Waals surface area contributed by atoms with Gasteiger partial charge in [-0.05, 0) is 36.1 Å². The molecule has 0 saturated heterocycles. The van der Waals surface area contributed by atoms with E-state index in [1.54, 1.807) is 6.07 Å². The van der Waals surface area contributed by atoms with Crippen LogP contribution in [0.1, 0.15) is 25.8 Å². The lowest BCUT2D eigenvalue weighted by Gasteiger charge is -2.07. The van der Waals surface area contributed by atoms with Crippen molar-refractivity contribution < 1.29 is 4.74 Å². The monoisotopic (exact) mass is 246 g/mol. The first-order valence-corrected chi connectivity index (χ1v) is 5.86. The zero-order valence-corrected chi connectivity index (χ0v) is 10.6. The van der Waals surface area contributed by atoms with Crippen molar-refractivity contribution in [3.05, 3.63) is 33.8 Å². The third-order valence-corrected chi connectivity index (χ3v) is 2.47. The Morgan fingerprint density at radius 3 is 2.27 bits per heavy atom. The standard InChI is InChI=1S/C12H16Cl2O/c1-9(2)3-4-15-8-10-5-11(13)7-12(14)6-10/h5-7,9H,3-4,8H2,1-2H3. The van der Waals surface area contributed by atoms with Crippen LogP contribution in [0, 0.1) is 5.92 Å². The fraction of sp³-hybridized carbons (Fsp3) is 0.500. The summed E-state index contributed by atoms with van der Waals surface area (Å²) in [4.78, 5) is 0. The molecule has 0 bridgehead atoms. The number of halogens is 2. The fourth-order valence-corrected chi connectivity index (χ4v) is 1.77. The Bertz CT molecular complexity index is 290. The Labute approximate surface area is 101 Å². The van der Waals surface area contributed by atoms with Gasteiger partial charge < -0.3 is 4.74 Å². The molecule has 1 rings (SSSR count). The summed E-state index contributed by atoms with van der Waals surface area (Å²) in [5.41, 5.74) is 1.02. The van der Waals surface area contributed by atoms with E-state index >= 15 is 0 Å². The van der Waals surface area contributed by atoms with Crippen molar-refractivity contribution in [1.29, 1.82) is 0 Å². The largest absolute Gasteiger partial charge is 0.377 e. The normalized spacial score (nSPS) is 11.0. The molecule has 0 saturated carbocycles. The third kappa shape index (κ3) is 5.41. The van der Waals surface area contributed by atoms with E-state index < -0.39 is 0 Å². The molecule has 1 aromatic rings. The van der Waals surface area contributed by atoms with Crippen molar-refractivity contribution in [2.45, 2.75) is 26.9 Å². The van der Waals surface area contributed by atoms with E-state index in [0.717, 1.165) is 18.6 Å². The summed E-state index contributed by atoms with van der Waals surface area (Å²) in [6, 6.07) is 5.48. The van der Waals surface area contributed by atoms with E-state index in [2.05, 4.69) is 13.8 Å². The summed E-state index contributed by atoms with van der Waals surface area (Å²) in [6.07, 6.45) is 1.08. The summed E-state index contributed by atoms with van der Waals surface area (Å²) in [6.45, 7) is 5.72. The molecule has 0 aliphatic heterocycles. The molecule has 1 aromatic carbocycles. The van der Waals surface area contributed by atoms with Crippen LogP contribution in [0.4, 0.5) is 0 Å². The smallest absolute Gasteiger partial charge is 0.0717 e. The first kappa shape index (κ1) is 12.8. The van der Waals surface area contributed by atoms with Gasteiger partial charge in [0.15, 0.2) is 0 Å². The van der Waals surface area contributed by atoms with Gasteiger partial charge >= 0.3 is 0 Å². The zero-order chi connectivity index (χ0) is 11.3. The maximum Gasteiger partial charge on any atom is 0.0717 e. The molecule has 0 fully saturated rings. The molecule has 0 aromatic heterocycles. The van der Waals surface area contributed by atoms with Crippen LogP contribution in [0.15, 0.2) is 18.2 Å². The first-order chi connectivity index (χ1) is 7.08. The molecule has 0 atom stereocenters. The van der Waals surface area contributed by atoms with Gasteiger partial charge in [0.05, 0.1) is 6.61 Å². The SMILES string of the molecule is CC(C)CCOCc1cc(Cl)cc(Cl)c1. The van der Waals surface area contributed by atoms with Crippen LogP contribution in [0.2, 0.25) is 10.0 Å². The van der Waals surface area contributed by atoms with Crippen molar-refractivity contribution in [3.63, 3.8) is 0 Å². The zero-order valence-electron chi connectivity index (χ0n) is 9.09. The average Bonchev–Trinajstić information content (AvgIpc) is 2.10. The molecule has 0 spiro atoms. The van der Waals surface area contributed by atoms with Gasteiger partial charge in [0.25, 0.3) is 0 Å². The lowest BCUT2D eigenvalue weighted by atomic mass is 10.1. The molecule has 0 N–H and O–H groups in total. The molecule has 0 radical (unpaired) electrons. The number of ether oxygens (including phenoxy) is 1. The Hall–Kier alpha value is -0.240. The predicted molar refractivity (Wildman–Crippen MR) is 65.6 cm³/mol. The van der Waals surface area contributed by atoms with E-state index in [-0.39, 0.29) is 0 Å². The second-order valence-electron chi connectivity index (χ2n) is 4.01. The highest BCUT2D eigenvalue weighted by atomic mass is 35.5. The van der Waals surface area contributed by atoms with E-state index in [1.165, 1.54) is 0 Å². The molecule has 0 aliphatic carbocycles. The van der Waals surface area contributed by atoms with Crippen LogP contribution in [0.5, 0.6) is 0 Å². The molecular formula is C12H16Cl2O. The van der Waals surface area contributed by atoms with Crippen molar-refractivity contribution in [3.8, 4) is 0 Å². The molecule has 3 heteroatoms. The lowest BCUT2D eigenvalue weighted by molar-refractivity contribution is 0.110. The van der Waals surface area contributed by atoms with E-state index in [0.29, 0.717) is 22.6 Å². The predicted octanol–water partition coefficient (Wildman–Crippen LogP) is 4.56. The van der Waals surface area contributed by atoms with Gasteiger partial charge in [-0.3, -0.25) is 0 Å². The van der Waals surface area contributed by atoms with Gasteiger partial charge in [-0.1, -0.05) is 37.0 Å². The van der Waals surface area contributed by atoms with Gasteiger partial charge in [-0.15, -0.1) is 0 Å². The number of rotatable bonds is 5. The van der Waals surface area contributed by atoms with Crippen molar-refractivity contribution in [1.82, 2.24) is 0 Å². The second kappa shape index (κ2) is 6.37. The van der Waals surface area contributed by atoms with Crippen LogP contribution in [-0.4, -0.2) is 6.61 Å². The summed E-state index contributed by atoms with van der Waals surface area (Å²) in [5.74, 6) is 0.674. The van der Waals surface area contributed by atoms with Crippen molar-refractivity contribution in [2.24, 2.45) is 5.92 Å². The van der Waals surface area contributed by atoms with Gasteiger partial charge in [0.1, 0.15) is 0 Å². The Kier molecular flexibility index (Phi) is 5.44. The van der Waals surface area contributed by atoms with Crippen LogP contribution in [-0.2, 0) is 11.3 Å². The Balaban J connectivity index is 2.37. The minimum Gasteiger partial charge on any atom is -0.377 e. The highest BCUT2D eigenvalue weighted by Gasteiger charge is 1.99. The molecule has 0 heterocycles. The molecule has 0 aliphatic rings. The van der Waals surface area contributed by atoms with E-state index in [1.807, 2.05) is 12.1 Å². The summed E-state index contributed by atoms with van der Waals surface area (Å²) >= 11 is 11.7. The van der Waals surface area contributed by atoms with Crippen LogP contribution in [0.25, 0.3) is 0 Å². The number of hydrogen-bond acceptors (Lipinski definition) is 1. The van der Waals surface area contributed by atoms with Gasteiger partial charge in [-0.25, -0.2) is 0 Å². The first-order valence-electron chi connectivity index (χ1n) is 5.10. The summed E-state index contributed by atoms with van der Waals surface area (Å²) in [5, 5.41) is 1.31. The van der Waals surface area contributed by atoms with Crippen LogP contribution < -0.4 is 0 Å². The second-order valence-corrected chi connectivity index (χ2v) is 4.89. The molecule has 1 nitrogen and oxygen atoms in total. The van der Waals surface area contributed by atoms with Gasteiger partial charge in [0.2, 0.25) is 0 Å². The quantitative estimate of drug-likeness (QED) is 0.693. The highest BCUT2D eigenvalue weighted by Crippen LogP contribution is 2.19. The summed E-state index contributed by atoms with van der Waals surface area (Å²) < 4.78 is 5.52. The molecule has 0 amide bonds. The van der Waals surface area contributed by atoms with Crippen molar-refractivity contribution >= 4 is 23.2 Å². The Morgan fingerprint density at radius 1 is 1.13 bits per heavy atom. The maximum atomic E-state index is 5.87. The number of hydrogen-bond donors (Lipinski definition) is 0.